The third-order valence-electron chi connectivity index (χ3n) is 2.70. The quantitative estimate of drug-likeness (QED) is 0.832. The first kappa shape index (κ1) is 13.5. The first-order valence-electron chi connectivity index (χ1n) is 5.92. The Morgan fingerprint density at radius 1 is 1.35 bits per heavy atom. The highest BCUT2D eigenvalue weighted by molar-refractivity contribution is 5.77. The first-order valence-corrected chi connectivity index (χ1v) is 5.92. The van der Waals surface area contributed by atoms with Crippen molar-refractivity contribution in [2.45, 2.75) is 47.2 Å². The van der Waals surface area contributed by atoms with E-state index in [4.69, 9.17) is 0 Å². The highest BCUT2D eigenvalue weighted by Crippen LogP contribution is 2.04. The molecular weight excluding hydrogens is 218 g/mol. The lowest BCUT2D eigenvalue weighted by molar-refractivity contribution is -0.124. The Labute approximate surface area is 101 Å². The summed E-state index contributed by atoms with van der Waals surface area (Å²) < 4.78 is 1.58. The predicted molar refractivity (Wildman–Crippen MR) is 66.9 cm³/mol. The van der Waals surface area contributed by atoms with Crippen molar-refractivity contribution in [1.82, 2.24) is 15.1 Å². The number of H-pyrrole nitrogens is 1. The van der Waals surface area contributed by atoms with Crippen molar-refractivity contribution in [2.75, 3.05) is 0 Å². The molecule has 0 aliphatic heterocycles. The van der Waals surface area contributed by atoms with Gasteiger partial charge in [0.2, 0.25) is 5.91 Å². The summed E-state index contributed by atoms with van der Waals surface area (Å²) in [5, 5.41) is 5.78. The molecule has 0 fully saturated rings. The zero-order valence-electron chi connectivity index (χ0n) is 11.1. The Kier molecular flexibility index (Phi) is 4.15. The van der Waals surface area contributed by atoms with Crippen molar-refractivity contribution < 1.29 is 4.79 Å². The van der Waals surface area contributed by atoms with Crippen molar-refractivity contribution in [3.8, 4) is 0 Å². The normalized spacial score (nSPS) is 11.2. The molecule has 0 aliphatic carbocycles. The second kappa shape index (κ2) is 5.21. The summed E-state index contributed by atoms with van der Waals surface area (Å²) in [6.07, 6.45) is 0. The van der Waals surface area contributed by atoms with Gasteiger partial charge in [0.05, 0.1) is 12.1 Å². The van der Waals surface area contributed by atoms with Crippen LogP contribution in [0.15, 0.2) is 4.79 Å². The monoisotopic (exact) mass is 239 g/mol. The van der Waals surface area contributed by atoms with Crippen LogP contribution in [-0.4, -0.2) is 15.7 Å². The van der Waals surface area contributed by atoms with Crippen molar-refractivity contribution in [2.24, 2.45) is 5.92 Å². The van der Waals surface area contributed by atoms with Crippen LogP contribution in [0.1, 0.15) is 45.0 Å². The van der Waals surface area contributed by atoms with Crippen molar-refractivity contribution in [1.29, 1.82) is 0 Å². The number of nitrogens with zero attached hydrogens (tertiary/aromatic N) is 1. The van der Waals surface area contributed by atoms with Crippen LogP contribution in [0.25, 0.3) is 0 Å². The third kappa shape index (κ3) is 2.99. The molecular formula is C12H21N3O2. The molecule has 0 saturated carbocycles. The number of rotatable bonds is 4. The van der Waals surface area contributed by atoms with Crippen LogP contribution >= 0.6 is 0 Å². The molecule has 96 valence electrons. The molecule has 1 rings (SSSR count). The van der Waals surface area contributed by atoms with Gasteiger partial charge in [0, 0.05) is 17.7 Å². The van der Waals surface area contributed by atoms with Gasteiger partial charge < -0.3 is 5.32 Å². The maximum atomic E-state index is 12.0. The molecule has 1 amide bonds. The molecule has 17 heavy (non-hydrogen) atoms. The standard InChI is InChI=1S/C12H21N3O2/c1-7(2)11(16)13-6-10-9(5)14-15(8(3)4)12(10)17/h7-8,14H,6H2,1-5H3,(H,13,16). The maximum Gasteiger partial charge on any atom is 0.271 e. The minimum Gasteiger partial charge on any atom is -0.352 e. The van der Waals surface area contributed by atoms with Crippen LogP contribution in [0.5, 0.6) is 0 Å². The van der Waals surface area contributed by atoms with Crippen LogP contribution in [0.2, 0.25) is 0 Å². The van der Waals surface area contributed by atoms with Crippen molar-refractivity contribution in [3.05, 3.63) is 21.6 Å². The minimum absolute atomic E-state index is 0.0407. The number of carbonyl (C=O) groups excluding carboxylic acids is 1. The zero-order valence-corrected chi connectivity index (χ0v) is 11.1. The molecule has 2 N–H and O–H groups in total. The first-order chi connectivity index (χ1) is 7.84. The smallest absolute Gasteiger partial charge is 0.271 e. The van der Waals surface area contributed by atoms with E-state index in [9.17, 15) is 9.59 Å². The number of aryl methyl sites for hydroxylation is 1. The Morgan fingerprint density at radius 3 is 2.35 bits per heavy atom. The second-order valence-electron chi connectivity index (χ2n) is 4.86. The number of amides is 1. The molecule has 0 saturated heterocycles. The summed E-state index contributed by atoms with van der Waals surface area (Å²) in [5.74, 6) is -0.109. The number of nitrogens with one attached hydrogen (secondary N) is 2. The van der Waals surface area contributed by atoms with E-state index in [0.29, 0.717) is 5.56 Å². The number of aromatic nitrogens is 2. The summed E-state index contributed by atoms with van der Waals surface area (Å²) in [6, 6.07) is 0.0933. The Bertz CT molecular complexity index is 455. The van der Waals surface area contributed by atoms with Gasteiger partial charge in [0.25, 0.3) is 5.56 Å². The van der Waals surface area contributed by atoms with Gasteiger partial charge >= 0.3 is 0 Å². The summed E-state index contributed by atoms with van der Waals surface area (Å²) in [4.78, 5) is 23.4. The molecule has 1 heterocycles. The molecule has 0 spiro atoms. The van der Waals surface area contributed by atoms with E-state index in [1.54, 1.807) is 4.68 Å². The van der Waals surface area contributed by atoms with Crippen LogP contribution in [0.3, 0.4) is 0 Å². The topological polar surface area (TPSA) is 66.9 Å². The Morgan fingerprint density at radius 2 is 1.94 bits per heavy atom. The number of carbonyl (C=O) groups is 1. The van der Waals surface area contributed by atoms with Crippen LogP contribution < -0.4 is 10.9 Å². The summed E-state index contributed by atoms with van der Waals surface area (Å²) in [5.41, 5.74) is 1.39. The van der Waals surface area contributed by atoms with E-state index < -0.39 is 0 Å². The van der Waals surface area contributed by atoms with Gasteiger partial charge in [-0.05, 0) is 20.8 Å². The summed E-state index contributed by atoms with van der Waals surface area (Å²) >= 11 is 0. The van der Waals surface area contributed by atoms with Crippen LogP contribution in [0, 0.1) is 12.8 Å². The van der Waals surface area contributed by atoms with Gasteiger partial charge in [-0.1, -0.05) is 13.8 Å². The fourth-order valence-corrected chi connectivity index (χ4v) is 1.56. The molecule has 0 atom stereocenters. The predicted octanol–water partition coefficient (Wildman–Crippen LogP) is 1.34. The number of hydrogen-bond donors (Lipinski definition) is 2. The van der Waals surface area contributed by atoms with Crippen molar-refractivity contribution in [3.63, 3.8) is 0 Å². The highest BCUT2D eigenvalue weighted by Gasteiger charge is 2.14. The van der Waals surface area contributed by atoms with Gasteiger partial charge in [-0.15, -0.1) is 0 Å². The zero-order chi connectivity index (χ0) is 13.2. The Hall–Kier alpha value is -1.52. The SMILES string of the molecule is Cc1[nH]n(C(C)C)c(=O)c1CNC(=O)C(C)C. The second-order valence-corrected chi connectivity index (χ2v) is 4.86. The van der Waals surface area contributed by atoms with Gasteiger partial charge in [-0.2, -0.15) is 0 Å². The van der Waals surface area contributed by atoms with E-state index in [1.165, 1.54) is 0 Å². The molecule has 0 aliphatic rings. The molecule has 0 radical (unpaired) electrons. The molecule has 1 aromatic rings. The highest BCUT2D eigenvalue weighted by atomic mass is 16.2. The molecule has 1 aromatic heterocycles. The van der Waals surface area contributed by atoms with Gasteiger partial charge in [-0.25, -0.2) is 0 Å². The van der Waals surface area contributed by atoms with Crippen molar-refractivity contribution >= 4 is 5.91 Å². The largest absolute Gasteiger partial charge is 0.352 e. The number of hydrogen-bond acceptors (Lipinski definition) is 2. The summed E-state index contributed by atoms with van der Waals surface area (Å²) in [6.45, 7) is 9.66. The minimum atomic E-state index is -0.0680. The fourth-order valence-electron chi connectivity index (χ4n) is 1.56. The third-order valence-corrected chi connectivity index (χ3v) is 2.70. The van der Waals surface area contributed by atoms with E-state index in [0.717, 1.165) is 5.69 Å². The van der Waals surface area contributed by atoms with Gasteiger partial charge in [0.15, 0.2) is 0 Å². The molecule has 5 heteroatoms. The lowest BCUT2D eigenvalue weighted by Crippen LogP contribution is -2.30. The maximum absolute atomic E-state index is 12.0. The summed E-state index contributed by atoms with van der Waals surface area (Å²) in [7, 11) is 0. The lowest BCUT2D eigenvalue weighted by Gasteiger charge is -2.06. The molecule has 0 bridgehead atoms. The average Bonchev–Trinajstić information content (AvgIpc) is 2.51. The van der Waals surface area contributed by atoms with Crippen LogP contribution in [-0.2, 0) is 11.3 Å². The van der Waals surface area contributed by atoms with E-state index in [1.807, 2.05) is 34.6 Å². The molecule has 5 nitrogen and oxygen atoms in total. The van der Waals surface area contributed by atoms with Gasteiger partial charge in [-0.3, -0.25) is 19.4 Å². The van der Waals surface area contributed by atoms with E-state index >= 15 is 0 Å². The molecule has 0 unspecified atom stereocenters. The average molecular weight is 239 g/mol. The van der Waals surface area contributed by atoms with E-state index in [2.05, 4.69) is 10.4 Å². The lowest BCUT2D eigenvalue weighted by atomic mass is 10.2. The fraction of sp³-hybridized carbons (Fsp3) is 0.667. The number of aromatic amines is 1. The van der Waals surface area contributed by atoms with Crippen LogP contribution in [0.4, 0.5) is 0 Å². The molecule has 0 aromatic carbocycles. The Balaban J connectivity index is 2.86. The van der Waals surface area contributed by atoms with E-state index in [-0.39, 0.29) is 30.0 Å². The van der Waals surface area contributed by atoms with Gasteiger partial charge in [0.1, 0.15) is 0 Å².